The van der Waals surface area contributed by atoms with Crippen molar-refractivity contribution in [3.05, 3.63) is 152 Å². The van der Waals surface area contributed by atoms with E-state index in [1.807, 2.05) is 48.5 Å². The second kappa shape index (κ2) is 10.8. The number of furan rings is 1. The predicted octanol–water partition coefficient (Wildman–Crippen LogP) is 10.4. The van der Waals surface area contributed by atoms with E-state index in [1.165, 1.54) is 16.5 Å². The fourth-order valence-corrected chi connectivity index (χ4v) is 6.36. The van der Waals surface area contributed by atoms with Crippen LogP contribution in [-0.2, 0) is 0 Å². The zero-order valence-electron chi connectivity index (χ0n) is 25.0. The molecule has 3 heterocycles. The lowest BCUT2D eigenvalue weighted by molar-refractivity contribution is 0.669. The fourth-order valence-electron chi connectivity index (χ4n) is 6.36. The van der Waals surface area contributed by atoms with E-state index in [0.717, 1.165) is 62.7 Å². The highest BCUT2D eigenvalue weighted by molar-refractivity contribution is 6.07. The minimum atomic E-state index is 0.641. The summed E-state index contributed by atoms with van der Waals surface area (Å²) in [6.07, 6.45) is 10.6. The van der Waals surface area contributed by atoms with E-state index in [2.05, 4.69) is 102 Å². The molecule has 0 N–H and O–H groups in total. The van der Waals surface area contributed by atoms with Crippen LogP contribution in [0.15, 0.2) is 150 Å². The molecule has 9 rings (SSSR count). The van der Waals surface area contributed by atoms with Gasteiger partial charge in [-0.3, -0.25) is 0 Å². The summed E-state index contributed by atoms with van der Waals surface area (Å²) in [5.74, 6) is 1.99. The van der Waals surface area contributed by atoms with E-state index >= 15 is 0 Å². The van der Waals surface area contributed by atoms with Gasteiger partial charge in [-0.25, -0.2) is 15.0 Å². The number of hydrogen-bond acceptors (Lipinski definition) is 4. The van der Waals surface area contributed by atoms with E-state index in [0.29, 0.717) is 17.5 Å². The van der Waals surface area contributed by atoms with Crippen LogP contribution in [0, 0.1) is 0 Å². The van der Waals surface area contributed by atoms with Gasteiger partial charge in [-0.15, -0.1) is 0 Å². The van der Waals surface area contributed by atoms with E-state index in [1.54, 1.807) is 0 Å². The van der Waals surface area contributed by atoms with E-state index in [-0.39, 0.29) is 0 Å². The maximum absolute atomic E-state index is 6.30. The first-order chi connectivity index (χ1) is 22.8. The Morgan fingerprint density at radius 2 is 1.24 bits per heavy atom. The van der Waals surface area contributed by atoms with Crippen LogP contribution in [0.3, 0.4) is 0 Å². The van der Waals surface area contributed by atoms with Crippen LogP contribution >= 0.6 is 0 Å². The molecule has 0 fully saturated rings. The zero-order chi connectivity index (χ0) is 30.5. The molecule has 0 atom stereocenters. The molecular weight excluding hydrogens is 564 g/mol. The van der Waals surface area contributed by atoms with Gasteiger partial charge < -0.3 is 8.98 Å². The summed E-state index contributed by atoms with van der Waals surface area (Å²) < 4.78 is 8.54. The average molecular weight is 593 g/mol. The van der Waals surface area contributed by atoms with Gasteiger partial charge in [0.1, 0.15) is 11.2 Å². The van der Waals surface area contributed by atoms with E-state index in [9.17, 15) is 0 Å². The lowest BCUT2D eigenvalue weighted by Gasteiger charge is -2.10. The Labute approximate surface area is 265 Å². The van der Waals surface area contributed by atoms with Crippen molar-refractivity contribution >= 4 is 38.4 Å². The number of nitrogens with zero attached hydrogens (tertiary/aromatic N) is 4. The first-order valence-electron chi connectivity index (χ1n) is 15.6. The Morgan fingerprint density at radius 3 is 2.02 bits per heavy atom. The molecule has 46 heavy (non-hydrogen) atoms. The molecule has 5 aromatic carbocycles. The molecule has 218 valence electrons. The van der Waals surface area contributed by atoms with Gasteiger partial charge in [-0.1, -0.05) is 85.0 Å². The Morgan fingerprint density at radius 1 is 0.543 bits per heavy atom. The Kier molecular flexibility index (Phi) is 6.20. The smallest absolute Gasteiger partial charge is 0.164 e. The third kappa shape index (κ3) is 4.61. The van der Waals surface area contributed by atoms with Crippen molar-refractivity contribution in [3.8, 4) is 39.6 Å². The van der Waals surface area contributed by atoms with Gasteiger partial charge in [0.05, 0.1) is 5.52 Å². The molecule has 3 aromatic heterocycles. The normalized spacial score (nSPS) is 13.1. The first-order valence-corrected chi connectivity index (χ1v) is 15.6. The minimum Gasteiger partial charge on any atom is -0.456 e. The topological polar surface area (TPSA) is 56.7 Å². The molecule has 0 amide bonds. The quantitative estimate of drug-likeness (QED) is 0.199. The van der Waals surface area contributed by atoms with Crippen molar-refractivity contribution in [1.29, 1.82) is 0 Å². The van der Waals surface area contributed by atoms with Crippen LogP contribution in [0.2, 0.25) is 0 Å². The average Bonchev–Trinajstić information content (AvgIpc) is 3.73. The van der Waals surface area contributed by atoms with Crippen molar-refractivity contribution in [3.63, 3.8) is 0 Å². The molecule has 5 nitrogen and oxygen atoms in total. The third-order valence-electron chi connectivity index (χ3n) is 8.71. The van der Waals surface area contributed by atoms with Crippen molar-refractivity contribution in [2.45, 2.75) is 12.8 Å². The summed E-state index contributed by atoms with van der Waals surface area (Å²) in [7, 11) is 0. The van der Waals surface area contributed by atoms with Crippen LogP contribution < -0.4 is 0 Å². The molecule has 0 radical (unpaired) electrons. The van der Waals surface area contributed by atoms with Crippen LogP contribution in [0.1, 0.15) is 18.7 Å². The summed E-state index contributed by atoms with van der Waals surface area (Å²) in [4.78, 5) is 14.8. The summed E-state index contributed by atoms with van der Waals surface area (Å²) in [6, 6.07) is 42.0. The van der Waals surface area contributed by atoms with Gasteiger partial charge in [-0.2, -0.15) is 0 Å². The highest BCUT2D eigenvalue weighted by atomic mass is 16.3. The van der Waals surface area contributed by atoms with Gasteiger partial charge >= 0.3 is 0 Å². The molecule has 1 aliphatic rings. The van der Waals surface area contributed by atoms with E-state index < -0.39 is 0 Å². The molecule has 0 bridgehead atoms. The Bertz CT molecular complexity index is 2470. The van der Waals surface area contributed by atoms with Crippen LogP contribution in [0.5, 0.6) is 0 Å². The maximum Gasteiger partial charge on any atom is 0.164 e. The number of allylic oxidation sites excluding steroid dienone is 4. The number of hydrogen-bond donors (Lipinski definition) is 0. The Balaban J connectivity index is 1.15. The molecule has 0 saturated carbocycles. The largest absolute Gasteiger partial charge is 0.456 e. The second-order valence-corrected chi connectivity index (χ2v) is 11.6. The van der Waals surface area contributed by atoms with Crippen molar-refractivity contribution < 1.29 is 4.42 Å². The van der Waals surface area contributed by atoms with Gasteiger partial charge in [0.25, 0.3) is 0 Å². The summed E-state index contributed by atoms with van der Waals surface area (Å²) in [5, 5.41) is 3.27. The van der Waals surface area contributed by atoms with Crippen molar-refractivity contribution in [1.82, 2.24) is 19.5 Å². The summed E-state index contributed by atoms with van der Waals surface area (Å²) in [6.45, 7) is 0. The number of benzene rings is 5. The van der Waals surface area contributed by atoms with Crippen molar-refractivity contribution in [2.75, 3.05) is 0 Å². The van der Waals surface area contributed by atoms with Gasteiger partial charge in [0.2, 0.25) is 0 Å². The first kappa shape index (κ1) is 26.3. The molecule has 1 aliphatic carbocycles. The molecular formula is C41H28N4O. The summed E-state index contributed by atoms with van der Waals surface area (Å²) in [5.41, 5.74) is 9.24. The highest BCUT2D eigenvalue weighted by Crippen LogP contribution is 2.35. The SMILES string of the molecule is C1=CC(c2nc(-c3ccccc3)nc(-c3ccc4oc5ccc(-n6ccc7cc(-c8ccccc8)ccc76)cc5c4c3)n2)=CCC1. The van der Waals surface area contributed by atoms with Gasteiger partial charge in [0, 0.05) is 44.7 Å². The standard InChI is InChI=1S/C41H28N4O/c1-4-10-27(11-5-1)30-16-19-36-31(24-30)22-23-45(36)33-18-21-38-35(26-33)34-25-32(17-20-37(34)46-38)41-43-39(28-12-6-2-7-13-28)42-40(44-41)29-14-8-3-9-15-29/h1-2,4-8,10-26H,3,9H2. The maximum atomic E-state index is 6.30. The second-order valence-electron chi connectivity index (χ2n) is 11.6. The lowest BCUT2D eigenvalue weighted by atomic mass is 10.0. The molecule has 0 aliphatic heterocycles. The fraction of sp³-hybridized carbons (Fsp3) is 0.0488. The molecule has 8 aromatic rings. The zero-order valence-corrected chi connectivity index (χ0v) is 25.0. The molecule has 0 spiro atoms. The minimum absolute atomic E-state index is 0.641. The molecule has 5 heteroatoms. The van der Waals surface area contributed by atoms with Crippen LogP contribution in [0.4, 0.5) is 0 Å². The van der Waals surface area contributed by atoms with Gasteiger partial charge in [0.15, 0.2) is 17.5 Å². The van der Waals surface area contributed by atoms with Crippen molar-refractivity contribution in [2.24, 2.45) is 0 Å². The third-order valence-corrected chi connectivity index (χ3v) is 8.71. The van der Waals surface area contributed by atoms with E-state index in [4.69, 9.17) is 19.4 Å². The van der Waals surface area contributed by atoms with Crippen LogP contribution in [-0.4, -0.2) is 19.5 Å². The van der Waals surface area contributed by atoms with Gasteiger partial charge in [-0.05, 0) is 78.6 Å². The highest BCUT2D eigenvalue weighted by Gasteiger charge is 2.16. The summed E-state index contributed by atoms with van der Waals surface area (Å²) >= 11 is 0. The predicted molar refractivity (Wildman–Crippen MR) is 187 cm³/mol. The monoisotopic (exact) mass is 592 g/mol. The molecule has 0 saturated heterocycles. The van der Waals surface area contributed by atoms with Crippen LogP contribution in [0.25, 0.3) is 78.0 Å². The number of rotatable bonds is 5. The number of fused-ring (bicyclic) bond motifs is 4. The number of aromatic nitrogens is 4. The molecule has 0 unspecified atom stereocenters. The lowest BCUT2D eigenvalue weighted by Crippen LogP contribution is -2.03. The Hall–Kier alpha value is -6.07.